The number of amides is 2. The van der Waals surface area contributed by atoms with Crippen molar-refractivity contribution in [2.45, 2.75) is 25.7 Å². The molecule has 3 aromatic carbocycles. The smallest absolute Gasteiger partial charge is 0.430 e. The van der Waals surface area contributed by atoms with Crippen LogP contribution in [0.25, 0.3) is 0 Å². The Kier molecular flexibility index (Phi) is 7.75. The molecule has 0 aliphatic heterocycles. The van der Waals surface area contributed by atoms with Gasteiger partial charge in [0, 0.05) is 0 Å². The van der Waals surface area contributed by atoms with Crippen LogP contribution in [0.4, 0.5) is 14.0 Å². The zero-order valence-electron chi connectivity index (χ0n) is 17.9. The van der Waals surface area contributed by atoms with E-state index in [0.717, 1.165) is 22.7 Å². The van der Waals surface area contributed by atoms with Crippen LogP contribution in [0, 0.1) is 5.82 Å². The van der Waals surface area contributed by atoms with Crippen molar-refractivity contribution in [2.24, 2.45) is 0 Å². The highest BCUT2D eigenvalue weighted by Crippen LogP contribution is 2.26. The third kappa shape index (κ3) is 6.16. The molecule has 0 radical (unpaired) electrons. The molecular formula is C25H23FN2O5. The molecule has 8 heteroatoms. The summed E-state index contributed by atoms with van der Waals surface area (Å²) in [5, 5.41) is 0.740. The van der Waals surface area contributed by atoms with E-state index in [9.17, 15) is 18.8 Å². The third-order valence-electron chi connectivity index (χ3n) is 4.93. The van der Waals surface area contributed by atoms with Crippen molar-refractivity contribution in [3.8, 4) is 0 Å². The van der Waals surface area contributed by atoms with Crippen molar-refractivity contribution in [3.05, 3.63) is 107 Å². The topological polar surface area (TPSA) is 84.9 Å². The summed E-state index contributed by atoms with van der Waals surface area (Å²) >= 11 is 0. The van der Waals surface area contributed by atoms with Gasteiger partial charge in [-0.15, -0.1) is 0 Å². The fourth-order valence-corrected chi connectivity index (χ4v) is 3.02. The maximum Gasteiger partial charge on any atom is 0.430 e. The molecule has 0 saturated carbocycles. The van der Waals surface area contributed by atoms with Crippen LogP contribution in [0.5, 0.6) is 0 Å². The van der Waals surface area contributed by atoms with Crippen molar-refractivity contribution in [1.82, 2.24) is 10.4 Å². The Bertz CT molecular complexity index is 1080. The SMILES string of the molecule is CC(C=O)(c1ccc(F)cc1)N(NC(=O)OCc1ccccc1)C(=O)OCc1ccccc1. The van der Waals surface area contributed by atoms with Gasteiger partial charge in [-0.3, -0.25) is 0 Å². The maximum absolute atomic E-state index is 13.4. The second kappa shape index (κ2) is 10.9. The van der Waals surface area contributed by atoms with Crippen LogP contribution in [0.3, 0.4) is 0 Å². The van der Waals surface area contributed by atoms with Crippen molar-refractivity contribution >= 4 is 18.5 Å². The predicted octanol–water partition coefficient (Wildman–Crippen LogP) is 4.72. The average molecular weight is 450 g/mol. The van der Waals surface area contributed by atoms with Crippen LogP contribution in [0.15, 0.2) is 84.9 Å². The predicted molar refractivity (Wildman–Crippen MR) is 118 cm³/mol. The van der Waals surface area contributed by atoms with Gasteiger partial charge in [0.25, 0.3) is 0 Å². The van der Waals surface area contributed by atoms with Gasteiger partial charge in [0.15, 0.2) is 6.29 Å². The molecule has 2 amide bonds. The molecule has 1 unspecified atom stereocenters. The molecule has 0 heterocycles. The Morgan fingerprint density at radius 1 is 0.879 bits per heavy atom. The number of hydrazine groups is 1. The molecule has 33 heavy (non-hydrogen) atoms. The van der Waals surface area contributed by atoms with Gasteiger partial charge >= 0.3 is 12.2 Å². The van der Waals surface area contributed by atoms with E-state index in [1.165, 1.54) is 19.1 Å². The molecule has 0 aliphatic rings. The van der Waals surface area contributed by atoms with Gasteiger partial charge < -0.3 is 14.3 Å². The van der Waals surface area contributed by atoms with Crippen LogP contribution >= 0.6 is 0 Å². The first-order valence-electron chi connectivity index (χ1n) is 10.1. The Balaban J connectivity index is 1.80. The summed E-state index contributed by atoms with van der Waals surface area (Å²) in [4.78, 5) is 37.6. The lowest BCUT2D eigenvalue weighted by Gasteiger charge is -2.36. The number of nitrogens with zero attached hydrogens (tertiary/aromatic N) is 1. The van der Waals surface area contributed by atoms with Gasteiger partial charge in [-0.25, -0.2) is 19.4 Å². The largest absolute Gasteiger partial charge is 0.443 e. The zero-order valence-corrected chi connectivity index (χ0v) is 17.9. The molecule has 0 bridgehead atoms. The molecule has 0 aromatic heterocycles. The summed E-state index contributed by atoms with van der Waals surface area (Å²) in [5.41, 5.74) is 2.32. The number of aldehydes is 1. The van der Waals surface area contributed by atoms with Gasteiger partial charge in [-0.1, -0.05) is 72.8 Å². The van der Waals surface area contributed by atoms with Gasteiger partial charge in [0.2, 0.25) is 0 Å². The van der Waals surface area contributed by atoms with Crippen molar-refractivity contribution < 1.29 is 28.2 Å². The molecule has 0 spiro atoms. The van der Waals surface area contributed by atoms with Gasteiger partial charge in [0.1, 0.15) is 24.6 Å². The molecule has 1 atom stereocenters. The zero-order chi connectivity index (χ0) is 23.7. The number of hydrogen-bond donors (Lipinski definition) is 1. The minimum atomic E-state index is -1.70. The number of benzene rings is 3. The van der Waals surface area contributed by atoms with E-state index >= 15 is 0 Å². The second-order valence-corrected chi connectivity index (χ2v) is 7.32. The fraction of sp³-hybridized carbons (Fsp3) is 0.160. The van der Waals surface area contributed by atoms with E-state index in [-0.39, 0.29) is 18.8 Å². The summed E-state index contributed by atoms with van der Waals surface area (Å²) < 4.78 is 24.0. The molecule has 1 N–H and O–H groups in total. The molecule has 170 valence electrons. The molecule has 0 aliphatic carbocycles. The molecule has 3 rings (SSSR count). The number of rotatable bonds is 7. The molecule has 3 aromatic rings. The number of hydrogen-bond acceptors (Lipinski definition) is 5. The third-order valence-corrected chi connectivity index (χ3v) is 4.93. The average Bonchev–Trinajstić information content (AvgIpc) is 2.86. The summed E-state index contributed by atoms with van der Waals surface area (Å²) in [7, 11) is 0. The first-order chi connectivity index (χ1) is 15.9. The highest BCUT2D eigenvalue weighted by atomic mass is 19.1. The van der Waals surface area contributed by atoms with Crippen molar-refractivity contribution in [3.63, 3.8) is 0 Å². The van der Waals surface area contributed by atoms with E-state index in [2.05, 4.69) is 5.43 Å². The lowest BCUT2D eigenvalue weighted by molar-refractivity contribution is -0.119. The van der Waals surface area contributed by atoms with E-state index in [1.54, 1.807) is 48.5 Å². The number of halogens is 1. The number of ether oxygens (including phenoxy) is 2. The Morgan fingerprint density at radius 3 is 1.91 bits per heavy atom. The Labute approximate surface area is 190 Å². The molecule has 7 nitrogen and oxygen atoms in total. The van der Waals surface area contributed by atoms with E-state index < -0.39 is 23.5 Å². The van der Waals surface area contributed by atoms with Crippen LogP contribution in [0.2, 0.25) is 0 Å². The first-order valence-corrected chi connectivity index (χ1v) is 10.1. The second-order valence-electron chi connectivity index (χ2n) is 7.32. The minimum absolute atomic E-state index is 0.0477. The van der Waals surface area contributed by atoms with Crippen LogP contribution < -0.4 is 5.43 Å². The van der Waals surface area contributed by atoms with E-state index in [0.29, 0.717) is 11.8 Å². The van der Waals surface area contributed by atoms with Crippen LogP contribution in [-0.2, 0) is 33.0 Å². The molecule has 0 fully saturated rings. The van der Waals surface area contributed by atoms with E-state index in [1.807, 2.05) is 12.1 Å². The highest BCUT2D eigenvalue weighted by Gasteiger charge is 2.40. The fourth-order valence-electron chi connectivity index (χ4n) is 3.02. The van der Waals surface area contributed by atoms with Gasteiger partial charge in [-0.05, 0) is 35.7 Å². The number of carbonyl (C=O) groups excluding carboxylic acids is 3. The normalized spacial score (nSPS) is 12.2. The molecule has 0 saturated heterocycles. The van der Waals surface area contributed by atoms with Crippen LogP contribution in [-0.4, -0.2) is 23.5 Å². The number of carbonyl (C=O) groups is 3. The maximum atomic E-state index is 13.4. The van der Waals surface area contributed by atoms with Gasteiger partial charge in [-0.2, -0.15) is 5.01 Å². The van der Waals surface area contributed by atoms with Crippen molar-refractivity contribution in [2.75, 3.05) is 0 Å². The Morgan fingerprint density at radius 2 is 1.39 bits per heavy atom. The quantitative estimate of drug-likeness (QED) is 0.416. The van der Waals surface area contributed by atoms with E-state index in [4.69, 9.17) is 9.47 Å². The van der Waals surface area contributed by atoms with Crippen LogP contribution in [0.1, 0.15) is 23.6 Å². The standard InChI is InChI=1S/C25H23FN2O5/c1-25(18-29,21-12-14-22(26)15-13-21)28(24(31)33-17-20-10-6-3-7-11-20)27-23(30)32-16-19-8-4-2-5-9-19/h2-15,18H,16-17H2,1H3,(H,27,30). The summed E-state index contributed by atoms with van der Waals surface area (Å²) in [6, 6.07) is 22.9. The lowest BCUT2D eigenvalue weighted by atomic mass is 9.93. The first kappa shape index (κ1) is 23.5. The van der Waals surface area contributed by atoms with Gasteiger partial charge in [0.05, 0.1) is 0 Å². The summed E-state index contributed by atoms with van der Waals surface area (Å²) in [6.07, 6.45) is -1.50. The molecular weight excluding hydrogens is 427 g/mol. The summed E-state index contributed by atoms with van der Waals surface area (Å²) in [6.45, 7) is 1.26. The summed E-state index contributed by atoms with van der Waals surface area (Å²) in [5.74, 6) is -0.513. The van der Waals surface area contributed by atoms with Crippen molar-refractivity contribution in [1.29, 1.82) is 0 Å². The highest BCUT2D eigenvalue weighted by molar-refractivity contribution is 5.80. The minimum Gasteiger partial charge on any atom is -0.443 e. The lowest BCUT2D eigenvalue weighted by Crippen LogP contribution is -2.58. The monoisotopic (exact) mass is 450 g/mol. The number of nitrogens with one attached hydrogen (secondary N) is 1. The Hall–Kier alpha value is -4.20.